The third-order valence-electron chi connectivity index (χ3n) is 3.82. The van der Waals surface area contributed by atoms with Gasteiger partial charge in [0, 0.05) is 12.2 Å². The van der Waals surface area contributed by atoms with E-state index in [1.807, 2.05) is 32.9 Å². The van der Waals surface area contributed by atoms with Crippen molar-refractivity contribution in [1.29, 1.82) is 0 Å². The Labute approximate surface area is 131 Å². The molecule has 2 aliphatic heterocycles. The fraction of sp³-hybridized carbons (Fsp3) is 0.588. The smallest absolute Gasteiger partial charge is 0.414 e. The molecule has 0 saturated carbocycles. The zero-order valence-electron chi connectivity index (χ0n) is 13.5. The number of rotatable bonds is 2. The van der Waals surface area contributed by atoms with Crippen molar-refractivity contribution in [3.05, 3.63) is 23.8 Å². The van der Waals surface area contributed by atoms with Crippen LogP contribution in [0.1, 0.15) is 32.8 Å². The lowest BCUT2D eigenvalue weighted by Crippen LogP contribution is -2.41. The molecule has 0 aromatic heterocycles. The molecule has 2 heterocycles. The monoisotopic (exact) mass is 304 g/mol. The number of anilines is 2. The highest BCUT2D eigenvalue weighted by Crippen LogP contribution is 2.31. The molecule has 5 nitrogen and oxygen atoms in total. The fourth-order valence-corrected chi connectivity index (χ4v) is 2.75. The summed E-state index contributed by atoms with van der Waals surface area (Å²) in [5.74, 6) is 0. The highest BCUT2D eigenvalue weighted by atomic mass is 16.6. The first kappa shape index (κ1) is 15.2. The van der Waals surface area contributed by atoms with Crippen molar-refractivity contribution >= 4 is 17.5 Å². The van der Waals surface area contributed by atoms with Crippen LogP contribution < -0.4 is 10.2 Å². The fourth-order valence-electron chi connectivity index (χ4n) is 2.75. The molecule has 0 bridgehead atoms. The van der Waals surface area contributed by atoms with Crippen molar-refractivity contribution in [2.45, 2.75) is 45.3 Å². The number of hydrogen-bond donors (Lipinski definition) is 1. The van der Waals surface area contributed by atoms with Crippen LogP contribution in [0.2, 0.25) is 0 Å². The molecule has 2 aliphatic rings. The van der Waals surface area contributed by atoms with Crippen LogP contribution in [0.15, 0.2) is 18.2 Å². The van der Waals surface area contributed by atoms with Crippen LogP contribution in [0.25, 0.3) is 0 Å². The van der Waals surface area contributed by atoms with Gasteiger partial charge in [0.2, 0.25) is 0 Å². The van der Waals surface area contributed by atoms with Crippen LogP contribution in [0.5, 0.6) is 0 Å². The van der Waals surface area contributed by atoms with E-state index in [-0.39, 0.29) is 6.09 Å². The van der Waals surface area contributed by atoms with E-state index in [4.69, 9.17) is 9.47 Å². The second kappa shape index (κ2) is 5.80. The van der Waals surface area contributed by atoms with Gasteiger partial charge in [-0.25, -0.2) is 4.79 Å². The zero-order valence-corrected chi connectivity index (χ0v) is 13.5. The van der Waals surface area contributed by atoms with Gasteiger partial charge >= 0.3 is 6.09 Å². The number of carbonyl (C=O) groups excluding carboxylic acids is 1. The van der Waals surface area contributed by atoms with Crippen LogP contribution in [-0.4, -0.2) is 37.5 Å². The lowest BCUT2D eigenvalue weighted by atomic mass is 10.0. The maximum Gasteiger partial charge on any atom is 0.414 e. The standard InChI is InChI=1S/C17H24N2O3/c1-17(2,3)22-16(20)19-8-4-5-12-9-13(6-7-15(12)19)18-14-10-21-11-14/h6-7,9,14,18H,4-5,8,10-11H2,1-3H3. The lowest BCUT2D eigenvalue weighted by Gasteiger charge is -2.33. The normalized spacial score (nSPS) is 18.4. The molecule has 1 fully saturated rings. The maximum atomic E-state index is 12.4. The number of nitrogens with zero attached hydrogens (tertiary/aromatic N) is 1. The zero-order chi connectivity index (χ0) is 15.7. The summed E-state index contributed by atoms with van der Waals surface area (Å²) < 4.78 is 10.7. The Balaban J connectivity index is 1.76. The number of aryl methyl sites for hydroxylation is 1. The van der Waals surface area contributed by atoms with Crippen molar-refractivity contribution in [1.82, 2.24) is 0 Å². The summed E-state index contributed by atoms with van der Waals surface area (Å²) in [5.41, 5.74) is 2.79. The summed E-state index contributed by atoms with van der Waals surface area (Å²) in [4.78, 5) is 14.1. The number of ether oxygens (including phenoxy) is 2. The molecular weight excluding hydrogens is 280 g/mol. The largest absolute Gasteiger partial charge is 0.443 e. The minimum atomic E-state index is -0.472. The molecule has 1 aromatic carbocycles. The van der Waals surface area contributed by atoms with Gasteiger partial charge in [-0.15, -0.1) is 0 Å². The molecule has 1 amide bonds. The predicted octanol–water partition coefficient (Wildman–Crippen LogP) is 3.19. The van der Waals surface area contributed by atoms with E-state index in [0.717, 1.165) is 37.4 Å². The van der Waals surface area contributed by atoms with Gasteiger partial charge in [-0.3, -0.25) is 4.90 Å². The molecule has 1 N–H and O–H groups in total. The summed E-state index contributed by atoms with van der Waals surface area (Å²) >= 11 is 0. The van der Waals surface area contributed by atoms with Gasteiger partial charge in [-0.2, -0.15) is 0 Å². The van der Waals surface area contributed by atoms with Crippen LogP contribution in [0.3, 0.4) is 0 Å². The Morgan fingerprint density at radius 2 is 2.14 bits per heavy atom. The van der Waals surface area contributed by atoms with Crippen molar-refractivity contribution in [3.63, 3.8) is 0 Å². The van der Waals surface area contributed by atoms with Gasteiger partial charge in [-0.1, -0.05) is 0 Å². The Morgan fingerprint density at radius 1 is 1.36 bits per heavy atom. The van der Waals surface area contributed by atoms with Gasteiger partial charge in [0.1, 0.15) is 5.60 Å². The van der Waals surface area contributed by atoms with E-state index in [2.05, 4.69) is 11.4 Å². The summed E-state index contributed by atoms with van der Waals surface area (Å²) in [6.07, 6.45) is 1.69. The molecule has 0 atom stereocenters. The predicted molar refractivity (Wildman–Crippen MR) is 86.6 cm³/mol. The van der Waals surface area contributed by atoms with Gasteiger partial charge in [-0.05, 0) is 57.4 Å². The number of benzene rings is 1. The average molecular weight is 304 g/mol. The Morgan fingerprint density at radius 3 is 2.77 bits per heavy atom. The number of carbonyl (C=O) groups is 1. The summed E-state index contributed by atoms with van der Waals surface area (Å²) in [6.45, 7) is 7.92. The van der Waals surface area contributed by atoms with Gasteiger partial charge in [0.05, 0.1) is 24.9 Å². The summed E-state index contributed by atoms with van der Waals surface area (Å²) in [5, 5.41) is 3.45. The quantitative estimate of drug-likeness (QED) is 0.911. The number of amides is 1. The van der Waals surface area contributed by atoms with Crippen molar-refractivity contribution in [2.75, 3.05) is 30.0 Å². The molecule has 0 spiro atoms. The Hall–Kier alpha value is -1.75. The van der Waals surface area contributed by atoms with E-state index in [0.29, 0.717) is 12.6 Å². The van der Waals surface area contributed by atoms with E-state index in [1.54, 1.807) is 4.90 Å². The van der Waals surface area contributed by atoms with Gasteiger partial charge in [0.15, 0.2) is 0 Å². The number of nitrogens with one attached hydrogen (secondary N) is 1. The molecule has 0 radical (unpaired) electrons. The van der Waals surface area contributed by atoms with E-state index in [1.165, 1.54) is 5.56 Å². The topological polar surface area (TPSA) is 50.8 Å². The average Bonchev–Trinajstić information content (AvgIpc) is 2.40. The third kappa shape index (κ3) is 3.35. The Kier molecular flexibility index (Phi) is 4.00. The minimum absolute atomic E-state index is 0.262. The maximum absolute atomic E-state index is 12.4. The molecular formula is C17H24N2O3. The molecule has 22 heavy (non-hydrogen) atoms. The second-order valence-electron chi connectivity index (χ2n) is 6.96. The minimum Gasteiger partial charge on any atom is -0.443 e. The molecule has 3 rings (SSSR count). The molecule has 120 valence electrons. The molecule has 0 aliphatic carbocycles. The first-order valence-corrected chi connectivity index (χ1v) is 7.90. The summed E-state index contributed by atoms with van der Waals surface area (Å²) in [7, 11) is 0. The van der Waals surface area contributed by atoms with E-state index >= 15 is 0 Å². The second-order valence-corrected chi connectivity index (χ2v) is 6.96. The Bertz CT molecular complexity index is 562. The van der Waals surface area contributed by atoms with Crippen LogP contribution in [0, 0.1) is 0 Å². The highest BCUT2D eigenvalue weighted by Gasteiger charge is 2.27. The van der Waals surface area contributed by atoms with E-state index < -0.39 is 5.60 Å². The molecule has 1 aromatic rings. The van der Waals surface area contributed by atoms with Crippen LogP contribution >= 0.6 is 0 Å². The van der Waals surface area contributed by atoms with Crippen LogP contribution in [-0.2, 0) is 15.9 Å². The first-order valence-electron chi connectivity index (χ1n) is 7.90. The lowest BCUT2D eigenvalue weighted by molar-refractivity contribution is 0.0211. The van der Waals surface area contributed by atoms with Crippen molar-refractivity contribution in [2.24, 2.45) is 0 Å². The van der Waals surface area contributed by atoms with Gasteiger partial charge in [0.25, 0.3) is 0 Å². The third-order valence-corrected chi connectivity index (χ3v) is 3.82. The molecule has 0 unspecified atom stereocenters. The van der Waals surface area contributed by atoms with Crippen molar-refractivity contribution in [3.8, 4) is 0 Å². The highest BCUT2D eigenvalue weighted by molar-refractivity contribution is 5.90. The van der Waals surface area contributed by atoms with E-state index in [9.17, 15) is 4.79 Å². The first-order chi connectivity index (χ1) is 10.4. The van der Waals surface area contributed by atoms with Crippen molar-refractivity contribution < 1.29 is 14.3 Å². The van der Waals surface area contributed by atoms with Gasteiger partial charge < -0.3 is 14.8 Å². The number of fused-ring (bicyclic) bond motifs is 1. The van der Waals surface area contributed by atoms with Crippen LogP contribution in [0.4, 0.5) is 16.2 Å². The SMILES string of the molecule is CC(C)(C)OC(=O)N1CCCc2cc(NC3COC3)ccc21. The summed E-state index contributed by atoms with van der Waals surface area (Å²) in [6, 6.07) is 6.59. The molecule has 5 heteroatoms. The number of hydrogen-bond acceptors (Lipinski definition) is 4. The molecule has 1 saturated heterocycles.